The van der Waals surface area contributed by atoms with Gasteiger partial charge in [0.1, 0.15) is 0 Å². The lowest BCUT2D eigenvalue weighted by atomic mass is 10.1. The quantitative estimate of drug-likeness (QED) is 0.793. The summed E-state index contributed by atoms with van der Waals surface area (Å²) in [6, 6.07) is 3.73. The molecule has 4 nitrogen and oxygen atoms in total. The Morgan fingerprint density at radius 3 is 2.43 bits per heavy atom. The Morgan fingerprint density at radius 2 is 1.95 bits per heavy atom. The molecule has 6 heteroatoms. The molecule has 0 fully saturated rings. The summed E-state index contributed by atoms with van der Waals surface area (Å²) in [7, 11) is -1.63. The van der Waals surface area contributed by atoms with Gasteiger partial charge in [-0.05, 0) is 50.6 Å². The van der Waals surface area contributed by atoms with Crippen molar-refractivity contribution >= 4 is 26.0 Å². The Morgan fingerprint density at radius 1 is 1.33 bits per heavy atom. The third-order valence-corrected chi connectivity index (χ3v) is 6.76. The van der Waals surface area contributed by atoms with Gasteiger partial charge in [-0.15, -0.1) is 0 Å². The Labute approximate surface area is 137 Å². The van der Waals surface area contributed by atoms with Crippen LogP contribution in [-0.4, -0.2) is 32.4 Å². The van der Waals surface area contributed by atoms with Crippen LogP contribution in [0.3, 0.4) is 0 Å². The van der Waals surface area contributed by atoms with E-state index in [1.807, 2.05) is 40.8 Å². The molecule has 120 valence electrons. The first-order chi connectivity index (χ1) is 9.79. The highest BCUT2D eigenvalue weighted by Crippen LogP contribution is 2.29. The van der Waals surface area contributed by atoms with Gasteiger partial charge in [-0.1, -0.05) is 29.8 Å². The lowest BCUT2D eigenvalue weighted by molar-refractivity contribution is 0.342. The van der Waals surface area contributed by atoms with Crippen molar-refractivity contribution in [3.8, 4) is 0 Å². The van der Waals surface area contributed by atoms with Crippen LogP contribution in [0.25, 0.3) is 0 Å². The molecule has 0 aliphatic rings. The van der Waals surface area contributed by atoms with Gasteiger partial charge in [0.2, 0.25) is 10.0 Å². The number of sulfonamides is 1. The molecule has 0 radical (unpaired) electrons. The Balaban J connectivity index is 3.42. The summed E-state index contributed by atoms with van der Waals surface area (Å²) in [5, 5.41) is 3.06. The number of nitrogens with zero attached hydrogens (tertiary/aromatic N) is 1. The zero-order chi connectivity index (χ0) is 16.2. The van der Waals surface area contributed by atoms with E-state index in [1.165, 1.54) is 0 Å². The zero-order valence-electron chi connectivity index (χ0n) is 13.4. The first-order valence-corrected chi connectivity index (χ1v) is 9.48. The van der Waals surface area contributed by atoms with Crippen LogP contribution < -0.4 is 5.32 Å². The van der Waals surface area contributed by atoms with Gasteiger partial charge >= 0.3 is 0 Å². The highest BCUT2D eigenvalue weighted by Gasteiger charge is 2.29. The predicted octanol–water partition coefficient (Wildman–Crippen LogP) is 3.29. The van der Waals surface area contributed by atoms with Gasteiger partial charge in [-0.3, -0.25) is 0 Å². The molecular formula is C15H25BrN2O2S. The fourth-order valence-corrected chi connectivity index (χ4v) is 4.98. The highest BCUT2D eigenvalue weighted by atomic mass is 79.9. The van der Waals surface area contributed by atoms with E-state index in [2.05, 4.69) is 21.2 Å². The molecule has 1 aromatic rings. The van der Waals surface area contributed by atoms with E-state index in [4.69, 9.17) is 0 Å². The molecule has 1 aromatic carbocycles. The van der Waals surface area contributed by atoms with Crippen LogP contribution in [0.1, 0.15) is 38.3 Å². The minimum absolute atomic E-state index is 0.00821. The SMILES string of the molecule is CCC(C)N(CC)S(=O)(=O)c1cc(CNC)cc(Br)c1C. The average Bonchev–Trinajstić information content (AvgIpc) is 2.42. The van der Waals surface area contributed by atoms with Crippen molar-refractivity contribution in [2.24, 2.45) is 0 Å². The summed E-state index contributed by atoms with van der Waals surface area (Å²) < 4.78 is 28.4. The molecule has 1 unspecified atom stereocenters. The average molecular weight is 377 g/mol. The summed E-state index contributed by atoms with van der Waals surface area (Å²) in [5.41, 5.74) is 1.71. The van der Waals surface area contributed by atoms with Crippen LogP contribution in [0.5, 0.6) is 0 Å². The van der Waals surface area contributed by atoms with E-state index in [9.17, 15) is 8.42 Å². The van der Waals surface area contributed by atoms with E-state index < -0.39 is 10.0 Å². The molecule has 1 rings (SSSR count). The second kappa shape index (κ2) is 7.72. The molecule has 0 saturated heterocycles. The number of halogens is 1. The lowest BCUT2D eigenvalue weighted by Crippen LogP contribution is -2.38. The van der Waals surface area contributed by atoms with E-state index in [-0.39, 0.29) is 6.04 Å². The number of rotatable bonds is 7. The smallest absolute Gasteiger partial charge is 0.243 e. The number of hydrogen-bond donors (Lipinski definition) is 1. The molecule has 0 amide bonds. The fraction of sp³-hybridized carbons (Fsp3) is 0.600. The molecule has 0 spiro atoms. The molecule has 0 heterocycles. The van der Waals surface area contributed by atoms with Crippen molar-refractivity contribution in [3.63, 3.8) is 0 Å². The summed E-state index contributed by atoms with van der Waals surface area (Å²) in [6.45, 7) is 8.78. The monoisotopic (exact) mass is 376 g/mol. The summed E-state index contributed by atoms with van der Waals surface area (Å²) >= 11 is 3.47. The normalized spacial score (nSPS) is 13.7. The van der Waals surface area contributed by atoms with Crippen molar-refractivity contribution in [2.45, 2.75) is 51.6 Å². The number of benzene rings is 1. The second-order valence-corrected chi connectivity index (χ2v) is 7.91. The van der Waals surface area contributed by atoms with Gasteiger partial charge in [0, 0.05) is 23.6 Å². The minimum atomic E-state index is -3.48. The molecule has 0 saturated carbocycles. The standard InChI is InChI=1S/C15H25BrN2O2S/c1-6-11(3)18(7-2)21(19,20)15-9-13(10-17-5)8-14(16)12(15)4/h8-9,11,17H,6-7,10H2,1-5H3. The van der Waals surface area contributed by atoms with Crippen molar-refractivity contribution in [3.05, 3.63) is 27.7 Å². The van der Waals surface area contributed by atoms with Crippen molar-refractivity contribution < 1.29 is 8.42 Å². The third-order valence-electron chi connectivity index (χ3n) is 3.72. The van der Waals surface area contributed by atoms with E-state index >= 15 is 0 Å². The summed E-state index contributed by atoms with van der Waals surface area (Å²) in [5.74, 6) is 0. The number of nitrogens with one attached hydrogen (secondary N) is 1. The molecule has 0 aliphatic carbocycles. The van der Waals surface area contributed by atoms with E-state index in [1.54, 1.807) is 10.4 Å². The maximum absolute atomic E-state index is 13.0. The van der Waals surface area contributed by atoms with Crippen LogP contribution in [-0.2, 0) is 16.6 Å². The minimum Gasteiger partial charge on any atom is -0.316 e. The largest absolute Gasteiger partial charge is 0.316 e. The maximum atomic E-state index is 13.0. The topological polar surface area (TPSA) is 49.4 Å². The summed E-state index contributed by atoms with van der Waals surface area (Å²) in [4.78, 5) is 0.393. The molecule has 1 atom stereocenters. The predicted molar refractivity (Wildman–Crippen MR) is 91.0 cm³/mol. The van der Waals surface area contributed by atoms with Gasteiger partial charge < -0.3 is 5.32 Å². The Kier molecular flexibility index (Phi) is 6.84. The van der Waals surface area contributed by atoms with Gasteiger partial charge in [0.05, 0.1) is 4.90 Å². The molecule has 0 aliphatic heterocycles. The maximum Gasteiger partial charge on any atom is 0.243 e. The first-order valence-electron chi connectivity index (χ1n) is 7.25. The number of hydrogen-bond acceptors (Lipinski definition) is 3. The first kappa shape index (κ1) is 18.6. The molecule has 0 aromatic heterocycles. The van der Waals surface area contributed by atoms with Crippen LogP contribution in [0, 0.1) is 6.92 Å². The van der Waals surface area contributed by atoms with Gasteiger partial charge in [0.15, 0.2) is 0 Å². The lowest BCUT2D eigenvalue weighted by Gasteiger charge is -2.27. The van der Waals surface area contributed by atoms with Crippen molar-refractivity contribution in [1.29, 1.82) is 0 Å². The Hall–Kier alpha value is -0.430. The van der Waals surface area contributed by atoms with Gasteiger partial charge in [0.25, 0.3) is 0 Å². The Bertz CT molecular complexity index is 588. The second-order valence-electron chi connectivity index (χ2n) is 5.20. The van der Waals surface area contributed by atoms with Crippen LogP contribution >= 0.6 is 15.9 Å². The fourth-order valence-electron chi connectivity index (χ4n) is 2.33. The molecule has 1 N–H and O–H groups in total. The van der Waals surface area contributed by atoms with Crippen LogP contribution in [0.2, 0.25) is 0 Å². The third kappa shape index (κ3) is 4.06. The van der Waals surface area contributed by atoms with Crippen molar-refractivity contribution in [1.82, 2.24) is 9.62 Å². The highest BCUT2D eigenvalue weighted by molar-refractivity contribution is 9.10. The molecular weight excluding hydrogens is 352 g/mol. The van der Waals surface area contributed by atoms with Crippen LogP contribution in [0.4, 0.5) is 0 Å². The zero-order valence-corrected chi connectivity index (χ0v) is 15.8. The van der Waals surface area contributed by atoms with Crippen molar-refractivity contribution in [2.75, 3.05) is 13.6 Å². The molecule has 21 heavy (non-hydrogen) atoms. The van der Waals surface area contributed by atoms with E-state index in [0.717, 1.165) is 22.0 Å². The van der Waals surface area contributed by atoms with Gasteiger partial charge in [-0.25, -0.2) is 8.42 Å². The summed E-state index contributed by atoms with van der Waals surface area (Å²) in [6.07, 6.45) is 0.795. The van der Waals surface area contributed by atoms with E-state index in [0.29, 0.717) is 18.0 Å². The molecule has 0 bridgehead atoms. The van der Waals surface area contributed by atoms with Gasteiger partial charge in [-0.2, -0.15) is 4.31 Å². The van der Waals surface area contributed by atoms with Crippen LogP contribution in [0.15, 0.2) is 21.5 Å².